The molecule has 0 bridgehead atoms. The third-order valence-electron chi connectivity index (χ3n) is 3.83. The van der Waals surface area contributed by atoms with Crippen molar-refractivity contribution in [2.24, 2.45) is 0 Å². The molecule has 0 aromatic rings. The fraction of sp³-hybridized carbons (Fsp3) is 0.706. The van der Waals surface area contributed by atoms with E-state index in [1.54, 1.807) is 0 Å². The van der Waals surface area contributed by atoms with E-state index in [1.165, 1.54) is 11.1 Å². The fourth-order valence-corrected chi connectivity index (χ4v) is 3.00. The summed E-state index contributed by atoms with van der Waals surface area (Å²) in [6.45, 7) is 10.4. The van der Waals surface area contributed by atoms with Crippen LogP contribution in [-0.2, 0) is 4.74 Å². The van der Waals surface area contributed by atoms with Gasteiger partial charge in [0, 0.05) is 13.1 Å². The summed E-state index contributed by atoms with van der Waals surface area (Å²) < 4.78 is 5.57. The molecule has 1 fully saturated rings. The zero-order valence-electron chi connectivity index (χ0n) is 13.7. The highest BCUT2D eigenvalue weighted by molar-refractivity contribution is 5.70. The van der Waals surface area contributed by atoms with Crippen molar-refractivity contribution in [1.82, 2.24) is 10.2 Å². The van der Waals surface area contributed by atoms with Crippen LogP contribution in [0.1, 0.15) is 47.0 Å². The molecule has 2 aliphatic rings. The molecule has 1 saturated heterocycles. The number of carbonyl (C=O) groups is 1. The second-order valence-corrected chi connectivity index (χ2v) is 6.73. The first-order valence-electron chi connectivity index (χ1n) is 8.02. The van der Waals surface area contributed by atoms with Gasteiger partial charge in [0.1, 0.15) is 5.60 Å². The molecule has 0 aromatic carbocycles. The van der Waals surface area contributed by atoms with Crippen molar-refractivity contribution in [3.8, 4) is 0 Å². The lowest BCUT2D eigenvalue weighted by Crippen LogP contribution is -2.49. The average molecular weight is 292 g/mol. The summed E-state index contributed by atoms with van der Waals surface area (Å²) in [6, 6.07) is 0.105. The maximum atomic E-state index is 12.5. The Labute approximate surface area is 128 Å². The molecule has 0 radical (unpaired) electrons. The molecule has 2 rings (SSSR count). The molecule has 0 aliphatic carbocycles. The maximum absolute atomic E-state index is 12.5. The van der Waals surface area contributed by atoms with Crippen molar-refractivity contribution >= 4 is 6.09 Å². The summed E-state index contributed by atoms with van der Waals surface area (Å²) in [5, 5.41) is 3.45. The third-order valence-corrected chi connectivity index (χ3v) is 3.83. The van der Waals surface area contributed by atoms with E-state index in [4.69, 9.17) is 4.74 Å². The molecule has 4 nitrogen and oxygen atoms in total. The van der Waals surface area contributed by atoms with E-state index in [0.717, 1.165) is 38.9 Å². The van der Waals surface area contributed by atoms with Gasteiger partial charge in [0.2, 0.25) is 0 Å². The average Bonchev–Trinajstić information content (AvgIpc) is 2.60. The number of ether oxygens (including phenoxy) is 1. The molecule has 1 atom stereocenters. The molecule has 1 N–H and O–H groups in total. The van der Waals surface area contributed by atoms with Gasteiger partial charge < -0.3 is 10.1 Å². The van der Waals surface area contributed by atoms with Crippen molar-refractivity contribution in [3.63, 3.8) is 0 Å². The van der Waals surface area contributed by atoms with Gasteiger partial charge in [0.15, 0.2) is 0 Å². The monoisotopic (exact) mass is 292 g/mol. The zero-order valence-corrected chi connectivity index (χ0v) is 13.7. The number of fused-ring (bicyclic) bond motifs is 1. The normalized spacial score (nSPS) is 25.1. The highest BCUT2D eigenvalue weighted by Crippen LogP contribution is 2.29. The van der Waals surface area contributed by atoms with Crippen LogP contribution in [0.25, 0.3) is 0 Å². The molecule has 1 amide bonds. The number of amides is 1. The standard InChI is InChI=1S/C17H28N2O2/c1-5-7-13-9-10-18-12-15-14(13)8-6-11-19(15)16(20)21-17(2,3)4/h7-8,15,18H,5-6,9-12H2,1-4H3. The second kappa shape index (κ2) is 6.65. The molecular formula is C17H28N2O2. The van der Waals surface area contributed by atoms with Crippen LogP contribution in [-0.4, -0.2) is 42.3 Å². The largest absolute Gasteiger partial charge is 0.444 e. The van der Waals surface area contributed by atoms with Crippen LogP contribution in [0.4, 0.5) is 4.79 Å². The zero-order chi connectivity index (χ0) is 15.5. The molecule has 2 aliphatic heterocycles. The van der Waals surface area contributed by atoms with Crippen LogP contribution in [0.15, 0.2) is 23.3 Å². The number of nitrogens with zero attached hydrogens (tertiary/aromatic N) is 1. The van der Waals surface area contributed by atoms with E-state index < -0.39 is 5.60 Å². The molecule has 21 heavy (non-hydrogen) atoms. The van der Waals surface area contributed by atoms with E-state index in [9.17, 15) is 4.79 Å². The summed E-state index contributed by atoms with van der Waals surface area (Å²) in [7, 11) is 0. The Balaban J connectivity index is 2.21. The van der Waals surface area contributed by atoms with Crippen molar-refractivity contribution in [3.05, 3.63) is 23.3 Å². The predicted octanol–water partition coefficient (Wildman–Crippen LogP) is 3.25. The Kier molecular flexibility index (Phi) is 5.09. The molecular weight excluding hydrogens is 264 g/mol. The van der Waals surface area contributed by atoms with E-state index in [0.29, 0.717) is 0 Å². The van der Waals surface area contributed by atoms with Crippen LogP contribution in [0.3, 0.4) is 0 Å². The minimum absolute atomic E-state index is 0.105. The smallest absolute Gasteiger partial charge is 0.410 e. The van der Waals surface area contributed by atoms with Crippen LogP contribution in [0.5, 0.6) is 0 Å². The van der Waals surface area contributed by atoms with Gasteiger partial charge >= 0.3 is 6.09 Å². The number of allylic oxidation sites excluding steroid dienone is 1. The van der Waals surface area contributed by atoms with Gasteiger partial charge in [-0.15, -0.1) is 0 Å². The number of hydrogen-bond acceptors (Lipinski definition) is 3. The SMILES string of the molecule is CCC=C1CCNCC2C1=CCCN2C(=O)OC(C)(C)C. The molecule has 1 unspecified atom stereocenters. The summed E-state index contributed by atoms with van der Waals surface area (Å²) in [6.07, 6.45) is 7.39. The van der Waals surface area contributed by atoms with Gasteiger partial charge in [0.05, 0.1) is 6.04 Å². The van der Waals surface area contributed by atoms with E-state index in [1.807, 2.05) is 25.7 Å². The highest BCUT2D eigenvalue weighted by Gasteiger charge is 2.34. The topological polar surface area (TPSA) is 41.6 Å². The van der Waals surface area contributed by atoms with E-state index in [2.05, 4.69) is 24.4 Å². The lowest BCUT2D eigenvalue weighted by Gasteiger charge is -2.37. The molecule has 0 saturated carbocycles. The Bertz CT molecular complexity index is 446. The Hall–Kier alpha value is -1.29. The first-order chi connectivity index (χ1) is 9.92. The van der Waals surface area contributed by atoms with E-state index >= 15 is 0 Å². The summed E-state index contributed by atoms with van der Waals surface area (Å²) >= 11 is 0. The van der Waals surface area contributed by atoms with Crippen LogP contribution >= 0.6 is 0 Å². The molecule has 0 spiro atoms. The Morgan fingerprint density at radius 3 is 2.95 bits per heavy atom. The van der Waals surface area contributed by atoms with Crippen molar-refractivity contribution in [2.45, 2.75) is 58.6 Å². The van der Waals surface area contributed by atoms with Gasteiger partial charge in [-0.2, -0.15) is 0 Å². The fourth-order valence-electron chi connectivity index (χ4n) is 3.00. The van der Waals surface area contributed by atoms with Crippen molar-refractivity contribution in [2.75, 3.05) is 19.6 Å². The van der Waals surface area contributed by atoms with Crippen molar-refractivity contribution in [1.29, 1.82) is 0 Å². The van der Waals surface area contributed by atoms with Crippen LogP contribution in [0, 0.1) is 0 Å². The second-order valence-electron chi connectivity index (χ2n) is 6.73. The van der Waals surface area contributed by atoms with Gasteiger partial charge in [-0.1, -0.05) is 19.1 Å². The number of carbonyl (C=O) groups excluding carboxylic acids is 1. The first kappa shape index (κ1) is 16.1. The number of nitrogens with one attached hydrogen (secondary N) is 1. The summed E-state index contributed by atoms with van der Waals surface area (Å²) in [5.41, 5.74) is 2.26. The predicted molar refractivity (Wildman–Crippen MR) is 85.3 cm³/mol. The quantitative estimate of drug-likeness (QED) is 0.806. The van der Waals surface area contributed by atoms with Crippen LogP contribution in [0.2, 0.25) is 0 Å². The molecule has 2 heterocycles. The highest BCUT2D eigenvalue weighted by atomic mass is 16.6. The molecule has 4 heteroatoms. The third kappa shape index (κ3) is 4.10. The maximum Gasteiger partial charge on any atom is 0.410 e. The summed E-state index contributed by atoms with van der Waals surface area (Å²) in [4.78, 5) is 14.4. The lowest BCUT2D eigenvalue weighted by atomic mass is 9.92. The number of hydrogen-bond donors (Lipinski definition) is 1. The van der Waals surface area contributed by atoms with Crippen molar-refractivity contribution < 1.29 is 9.53 Å². The van der Waals surface area contributed by atoms with E-state index in [-0.39, 0.29) is 12.1 Å². The Morgan fingerprint density at radius 2 is 2.29 bits per heavy atom. The first-order valence-corrected chi connectivity index (χ1v) is 8.02. The lowest BCUT2D eigenvalue weighted by molar-refractivity contribution is 0.0186. The van der Waals surface area contributed by atoms with Gasteiger partial charge in [0.25, 0.3) is 0 Å². The van der Waals surface area contributed by atoms with Gasteiger partial charge in [-0.3, -0.25) is 4.90 Å². The van der Waals surface area contributed by atoms with Gasteiger partial charge in [-0.05, 0) is 57.7 Å². The minimum Gasteiger partial charge on any atom is -0.444 e. The van der Waals surface area contributed by atoms with Gasteiger partial charge in [-0.25, -0.2) is 4.79 Å². The minimum atomic E-state index is -0.446. The summed E-state index contributed by atoms with van der Waals surface area (Å²) in [5.74, 6) is 0. The number of rotatable bonds is 1. The van der Waals surface area contributed by atoms with Crippen LogP contribution < -0.4 is 5.32 Å². The Morgan fingerprint density at radius 1 is 1.52 bits per heavy atom. The molecule has 0 aromatic heterocycles. The molecule has 118 valence electrons.